The zero-order valence-corrected chi connectivity index (χ0v) is 11.5. The van der Waals surface area contributed by atoms with Crippen molar-refractivity contribution in [3.8, 4) is 5.75 Å². The summed E-state index contributed by atoms with van der Waals surface area (Å²) in [5.41, 5.74) is 12.9. The van der Waals surface area contributed by atoms with Crippen molar-refractivity contribution in [2.24, 2.45) is 11.5 Å². The van der Waals surface area contributed by atoms with E-state index in [1.54, 1.807) is 24.3 Å². The lowest BCUT2D eigenvalue weighted by Crippen LogP contribution is -2.11. The number of aliphatic hydroxyl groups is 1. The van der Waals surface area contributed by atoms with Gasteiger partial charge in [0, 0.05) is 12.1 Å². The molecule has 0 saturated heterocycles. The summed E-state index contributed by atoms with van der Waals surface area (Å²) in [5, 5.41) is 10.1. The lowest BCUT2D eigenvalue weighted by molar-refractivity contribution is 0.0999. The van der Waals surface area contributed by atoms with Crippen molar-refractivity contribution < 1.29 is 14.6 Å². The van der Waals surface area contributed by atoms with Gasteiger partial charge in [-0.2, -0.15) is 0 Å². The van der Waals surface area contributed by atoms with Crippen LogP contribution in [0.4, 0.5) is 0 Å². The van der Waals surface area contributed by atoms with Crippen LogP contribution in [0.25, 0.3) is 0 Å². The Balaban J connectivity index is 1.93. The molecule has 1 atom stereocenters. The minimum atomic E-state index is -0.729. The van der Waals surface area contributed by atoms with Crippen LogP contribution in [-0.4, -0.2) is 17.6 Å². The van der Waals surface area contributed by atoms with E-state index in [-0.39, 0.29) is 6.61 Å². The molecular formula is C16H18N2O3. The molecule has 0 heterocycles. The summed E-state index contributed by atoms with van der Waals surface area (Å²) in [7, 11) is 0. The molecule has 5 nitrogen and oxygen atoms in total. The number of ether oxygens (including phenoxy) is 1. The van der Waals surface area contributed by atoms with Gasteiger partial charge in [0.05, 0.1) is 0 Å². The Kier molecular flexibility index (Phi) is 4.92. The Labute approximate surface area is 123 Å². The minimum Gasteiger partial charge on any atom is -0.491 e. The van der Waals surface area contributed by atoms with E-state index in [0.717, 1.165) is 11.1 Å². The summed E-state index contributed by atoms with van der Waals surface area (Å²) in [5.74, 6) is 0.0826. The third-order valence-corrected chi connectivity index (χ3v) is 3.15. The summed E-state index contributed by atoms with van der Waals surface area (Å²) in [6.07, 6.45) is -0.729. The predicted octanol–water partition coefficient (Wildman–Crippen LogP) is 1.36. The maximum atomic E-state index is 10.9. The number of rotatable bonds is 6. The number of carbonyl (C=O) groups excluding carboxylic acids is 1. The lowest BCUT2D eigenvalue weighted by atomic mass is 10.1. The molecule has 0 saturated carbocycles. The van der Waals surface area contributed by atoms with Crippen LogP contribution in [0.1, 0.15) is 27.6 Å². The molecule has 0 fully saturated rings. The highest BCUT2D eigenvalue weighted by atomic mass is 16.5. The van der Waals surface area contributed by atoms with Crippen molar-refractivity contribution in [1.82, 2.24) is 0 Å². The highest BCUT2D eigenvalue weighted by Gasteiger charge is 2.09. The van der Waals surface area contributed by atoms with Crippen LogP contribution in [0.3, 0.4) is 0 Å². The summed E-state index contributed by atoms with van der Waals surface area (Å²) >= 11 is 0. The fourth-order valence-corrected chi connectivity index (χ4v) is 1.86. The van der Waals surface area contributed by atoms with Gasteiger partial charge in [-0.05, 0) is 35.4 Å². The van der Waals surface area contributed by atoms with Crippen molar-refractivity contribution in [3.05, 3.63) is 65.2 Å². The maximum Gasteiger partial charge on any atom is 0.248 e. The summed E-state index contributed by atoms with van der Waals surface area (Å²) in [6.45, 7) is 0.594. The Bertz CT molecular complexity index is 594. The molecule has 0 aromatic heterocycles. The van der Waals surface area contributed by atoms with Crippen LogP contribution in [0.5, 0.6) is 5.75 Å². The molecule has 2 rings (SSSR count). The van der Waals surface area contributed by atoms with E-state index in [1.807, 2.05) is 24.3 Å². The summed E-state index contributed by atoms with van der Waals surface area (Å²) < 4.78 is 5.49. The first kappa shape index (κ1) is 15.0. The quantitative estimate of drug-likeness (QED) is 0.746. The van der Waals surface area contributed by atoms with Crippen molar-refractivity contribution in [1.29, 1.82) is 0 Å². The SMILES string of the molecule is NCc1ccc(C(O)COc2ccc(C(N)=O)cc2)cc1. The van der Waals surface area contributed by atoms with Gasteiger partial charge in [0.2, 0.25) is 5.91 Å². The van der Waals surface area contributed by atoms with Gasteiger partial charge in [0.15, 0.2) is 0 Å². The Morgan fingerprint density at radius 1 is 1.10 bits per heavy atom. The fourth-order valence-electron chi connectivity index (χ4n) is 1.86. The molecule has 2 aromatic carbocycles. The zero-order chi connectivity index (χ0) is 15.2. The fraction of sp³-hybridized carbons (Fsp3) is 0.188. The number of carbonyl (C=O) groups is 1. The first-order chi connectivity index (χ1) is 10.1. The standard InChI is InChI=1S/C16H18N2O3/c17-9-11-1-3-12(4-2-11)15(19)10-21-14-7-5-13(6-8-14)16(18)20/h1-8,15,19H,9-10,17H2,(H2,18,20). The molecular weight excluding hydrogens is 268 g/mol. The van der Waals surface area contributed by atoms with E-state index < -0.39 is 12.0 Å². The lowest BCUT2D eigenvalue weighted by Gasteiger charge is -2.13. The Hall–Kier alpha value is -2.37. The van der Waals surface area contributed by atoms with Gasteiger partial charge < -0.3 is 21.3 Å². The average Bonchev–Trinajstić information content (AvgIpc) is 2.53. The third-order valence-electron chi connectivity index (χ3n) is 3.15. The van der Waals surface area contributed by atoms with Gasteiger partial charge in [-0.15, -0.1) is 0 Å². The highest BCUT2D eigenvalue weighted by Crippen LogP contribution is 2.17. The third kappa shape index (κ3) is 4.05. The maximum absolute atomic E-state index is 10.9. The van der Waals surface area contributed by atoms with Gasteiger partial charge in [-0.1, -0.05) is 24.3 Å². The van der Waals surface area contributed by atoms with Gasteiger partial charge in [-0.3, -0.25) is 4.79 Å². The Morgan fingerprint density at radius 3 is 2.24 bits per heavy atom. The number of amides is 1. The molecule has 5 heteroatoms. The molecule has 5 N–H and O–H groups in total. The largest absolute Gasteiger partial charge is 0.491 e. The monoisotopic (exact) mass is 286 g/mol. The van der Waals surface area contributed by atoms with E-state index in [9.17, 15) is 9.90 Å². The Morgan fingerprint density at radius 2 is 1.71 bits per heavy atom. The molecule has 0 aliphatic heterocycles. The predicted molar refractivity (Wildman–Crippen MR) is 79.7 cm³/mol. The van der Waals surface area contributed by atoms with Gasteiger partial charge in [0.1, 0.15) is 18.5 Å². The molecule has 0 spiro atoms. The minimum absolute atomic E-state index is 0.123. The number of primary amides is 1. The number of benzene rings is 2. The first-order valence-electron chi connectivity index (χ1n) is 6.60. The highest BCUT2D eigenvalue weighted by molar-refractivity contribution is 5.92. The van der Waals surface area contributed by atoms with E-state index >= 15 is 0 Å². The normalized spacial score (nSPS) is 11.9. The molecule has 2 aromatic rings. The number of nitrogens with two attached hydrogens (primary N) is 2. The van der Waals surface area contributed by atoms with Crippen LogP contribution in [0.15, 0.2) is 48.5 Å². The topological polar surface area (TPSA) is 98.6 Å². The second-order valence-electron chi connectivity index (χ2n) is 4.66. The van der Waals surface area contributed by atoms with Crippen LogP contribution in [0, 0.1) is 0 Å². The van der Waals surface area contributed by atoms with Crippen LogP contribution < -0.4 is 16.2 Å². The van der Waals surface area contributed by atoms with E-state index in [4.69, 9.17) is 16.2 Å². The molecule has 0 aliphatic rings. The van der Waals surface area contributed by atoms with Gasteiger partial charge in [0.25, 0.3) is 0 Å². The van der Waals surface area contributed by atoms with E-state index in [2.05, 4.69) is 0 Å². The second kappa shape index (κ2) is 6.88. The second-order valence-corrected chi connectivity index (χ2v) is 4.66. The smallest absolute Gasteiger partial charge is 0.248 e. The molecule has 21 heavy (non-hydrogen) atoms. The number of hydrogen-bond acceptors (Lipinski definition) is 4. The molecule has 1 unspecified atom stereocenters. The molecule has 0 bridgehead atoms. The summed E-state index contributed by atoms with van der Waals surface area (Å²) in [6, 6.07) is 13.9. The van der Waals surface area contributed by atoms with Crippen molar-refractivity contribution in [2.75, 3.05) is 6.61 Å². The van der Waals surface area contributed by atoms with Crippen molar-refractivity contribution in [3.63, 3.8) is 0 Å². The van der Waals surface area contributed by atoms with Crippen LogP contribution >= 0.6 is 0 Å². The first-order valence-corrected chi connectivity index (χ1v) is 6.60. The average molecular weight is 286 g/mol. The van der Waals surface area contributed by atoms with E-state index in [0.29, 0.717) is 17.9 Å². The number of aliphatic hydroxyl groups excluding tert-OH is 1. The molecule has 0 radical (unpaired) electrons. The van der Waals surface area contributed by atoms with Gasteiger partial charge in [-0.25, -0.2) is 0 Å². The molecule has 0 aliphatic carbocycles. The van der Waals surface area contributed by atoms with Crippen molar-refractivity contribution in [2.45, 2.75) is 12.6 Å². The zero-order valence-electron chi connectivity index (χ0n) is 11.5. The number of hydrogen-bond donors (Lipinski definition) is 3. The van der Waals surface area contributed by atoms with Crippen LogP contribution in [-0.2, 0) is 6.54 Å². The summed E-state index contributed by atoms with van der Waals surface area (Å²) in [4.78, 5) is 10.9. The van der Waals surface area contributed by atoms with E-state index in [1.165, 1.54) is 0 Å². The molecule has 110 valence electrons. The molecule has 1 amide bonds. The van der Waals surface area contributed by atoms with Crippen molar-refractivity contribution >= 4 is 5.91 Å². The van der Waals surface area contributed by atoms with Crippen LogP contribution in [0.2, 0.25) is 0 Å². The van der Waals surface area contributed by atoms with Gasteiger partial charge >= 0.3 is 0 Å².